The minimum atomic E-state index is -1.56. The van der Waals surface area contributed by atoms with Crippen molar-refractivity contribution in [2.24, 2.45) is 0 Å². The molecule has 66 valence electrons. The smallest absolute Gasteiger partial charge is 0.146 e. The first-order valence-corrected chi connectivity index (χ1v) is 4.57. The van der Waals surface area contributed by atoms with Crippen LogP contribution >= 0.6 is 11.8 Å². The van der Waals surface area contributed by atoms with Gasteiger partial charge in [-0.05, 0) is 6.92 Å². The van der Waals surface area contributed by atoms with Gasteiger partial charge in [0.25, 0.3) is 0 Å². The van der Waals surface area contributed by atoms with Gasteiger partial charge in [0.05, 0.1) is 11.9 Å². The molecule has 0 aliphatic carbocycles. The first kappa shape index (κ1) is 9.29. The van der Waals surface area contributed by atoms with Crippen LogP contribution in [0.3, 0.4) is 0 Å². The van der Waals surface area contributed by atoms with Crippen LogP contribution in [0.4, 0.5) is 4.39 Å². The van der Waals surface area contributed by atoms with Crippen LogP contribution < -0.4 is 0 Å². The molecule has 2 nitrogen and oxygen atoms in total. The lowest BCUT2D eigenvalue weighted by Crippen LogP contribution is -2.40. The molecular weight excluding hydrogens is 167 g/mol. The van der Waals surface area contributed by atoms with Crippen LogP contribution in [0.1, 0.15) is 13.8 Å². The van der Waals surface area contributed by atoms with E-state index in [9.17, 15) is 9.50 Å². The molecule has 1 fully saturated rings. The SMILES string of the molecule is CC1SC(CO)C(O)C1(C)F. The minimum absolute atomic E-state index is 0.157. The number of rotatable bonds is 1. The predicted molar refractivity (Wildman–Crippen MR) is 43.4 cm³/mol. The monoisotopic (exact) mass is 180 g/mol. The van der Waals surface area contributed by atoms with Crippen molar-refractivity contribution in [1.82, 2.24) is 0 Å². The van der Waals surface area contributed by atoms with Crippen LogP contribution in [0.5, 0.6) is 0 Å². The lowest BCUT2D eigenvalue weighted by molar-refractivity contribution is 0.00786. The van der Waals surface area contributed by atoms with Crippen molar-refractivity contribution in [3.05, 3.63) is 0 Å². The van der Waals surface area contributed by atoms with Gasteiger partial charge in [-0.3, -0.25) is 0 Å². The number of thioether (sulfide) groups is 1. The van der Waals surface area contributed by atoms with Crippen LogP contribution in [-0.4, -0.2) is 39.1 Å². The predicted octanol–water partition coefficient (Wildman–Crippen LogP) is 0.572. The third-order valence-electron chi connectivity index (χ3n) is 2.28. The molecule has 0 bridgehead atoms. The summed E-state index contributed by atoms with van der Waals surface area (Å²) in [6.45, 7) is 2.95. The van der Waals surface area contributed by atoms with E-state index in [4.69, 9.17) is 5.11 Å². The van der Waals surface area contributed by atoms with E-state index in [1.54, 1.807) is 6.92 Å². The fraction of sp³-hybridized carbons (Fsp3) is 1.00. The average Bonchev–Trinajstić information content (AvgIpc) is 2.14. The summed E-state index contributed by atoms with van der Waals surface area (Å²) in [7, 11) is 0. The summed E-state index contributed by atoms with van der Waals surface area (Å²) >= 11 is 1.31. The third kappa shape index (κ3) is 1.39. The molecule has 1 rings (SSSR count). The molecule has 0 aromatic rings. The highest BCUT2D eigenvalue weighted by molar-refractivity contribution is 8.01. The first-order valence-electron chi connectivity index (χ1n) is 3.63. The van der Waals surface area contributed by atoms with Crippen LogP contribution in [0.25, 0.3) is 0 Å². The Labute approximate surface area is 69.8 Å². The molecule has 0 amide bonds. The van der Waals surface area contributed by atoms with E-state index in [1.807, 2.05) is 0 Å². The maximum atomic E-state index is 13.5. The molecule has 4 heteroatoms. The normalized spacial score (nSPS) is 51.5. The summed E-state index contributed by atoms with van der Waals surface area (Å²) in [6, 6.07) is 0. The molecule has 2 N–H and O–H groups in total. The van der Waals surface area contributed by atoms with Crippen LogP contribution in [0.2, 0.25) is 0 Å². The standard InChI is InChI=1S/C7H13FO2S/c1-4-7(2,8)6(10)5(3-9)11-4/h4-6,9-10H,3H2,1-2H3. The maximum Gasteiger partial charge on any atom is 0.146 e. The van der Waals surface area contributed by atoms with E-state index in [-0.39, 0.29) is 17.1 Å². The molecule has 4 atom stereocenters. The number of aliphatic hydroxyl groups is 2. The molecule has 0 aromatic carbocycles. The van der Waals surface area contributed by atoms with Gasteiger partial charge in [0.2, 0.25) is 0 Å². The second-order valence-electron chi connectivity index (χ2n) is 3.10. The molecule has 0 saturated carbocycles. The molecule has 0 spiro atoms. The zero-order valence-electron chi connectivity index (χ0n) is 6.62. The van der Waals surface area contributed by atoms with Gasteiger partial charge < -0.3 is 10.2 Å². The lowest BCUT2D eigenvalue weighted by Gasteiger charge is -2.22. The Balaban J connectivity index is 2.71. The zero-order chi connectivity index (χ0) is 8.65. The van der Waals surface area contributed by atoms with Gasteiger partial charge in [-0.2, -0.15) is 0 Å². The van der Waals surface area contributed by atoms with Crippen LogP contribution in [0.15, 0.2) is 0 Å². The van der Waals surface area contributed by atoms with Crippen molar-refractivity contribution in [3.63, 3.8) is 0 Å². The van der Waals surface area contributed by atoms with E-state index >= 15 is 0 Å². The molecule has 1 aliphatic heterocycles. The highest BCUT2D eigenvalue weighted by Gasteiger charge is 2.50. The van der Waals surface area contributed by atoms with E-state index in [0.29, 0.717) is 0 Å². The van der Waals surface area contributed by atoms with Crippen molar-refractivity contribution >= 4 is 11.8 Å². The fourth-order valence-electron chi connectivity index (χ4n) is 1.22. The highest BCUT2D eigenvalue weighted by atomic mass is 32.2. The minimum Gasteiger partial charge on any atom is -0.395 e. The quantitative estimate of drug-likeness (QED) is 0.620. The van der Waals surface area contributed by atoms with Crippen molar-refractivity contribution in [2.75, 3.05) is 6.61 Å². The number of hydrogen-bond donors (Lipinski definition) is 2. The number of halogens is 1. The summed E-state index contributed by atoms with van der Waals surface area (Å²) in [4.78, 5) is 0. The summed E-state index contributed by atoms with van der Waals surface area (Å²) < 4.78 is 13.5. The summed E-state index contributed by atoms with van der Waals surface area (Å²) in [5.41, 5.74) is -1.56. The van der Waals surface area contributed by atoms with Gasteiger partial charge in [0.15, 0.2) is 0 Å². The van der Waals surface area contributed by atoms with E-state index in [1.165, 1.54) is 18.7 Å². The molecule has 1 heterocycles. The Morgan fingerprint density at radius 1 is 1.64 bits per heavy atom. The number of hydrogen-bond acceptors (Lipinski definition) is 3. The molecule has 1 saturated heterocycles. The Bertz CT molecular complexity index is 151. The van der Waals surface area contributed by atoms with Crippen LogP contribution in [-0.2, 0) is 0 Å². The van der Waals surface area contributed by atoms with Crippen molar-refractivity contribution in [1.29, 1.82) is 0 Å². The molecule has 11 heavy (non-hydrogen) atoms. The lowest BCUT2D eigenvalue weighted by atomic mass is 9.96. The summed E-state index contributed by atoms with van der Waals surface area (Å²) in [6.07, 6.45) is -1.03. The van der Waals surface area contributed by atoms with Crippen LogP contribution in [0, 0.1) is 0 Å². The molecule has 0 radical (unpaired) electrons. The second kappa shape index (κ2) is 2.92. The Morgan fingerprint density at radius 3 is 2.36 bits per heavy atom. The van der Waals surface area contributed by atoms with E-state index in [0.717, 1.165) is 0 Å². The van der Waals surface area contributed by atoms with Crippen molar-refractivity contribution < 1.29 is 14.6 Å². The first-order chi connectivity index (χ1) is 5.00. The molecular formula is C7H13FO2S. The average molecular weight is 180 g/mol. The van der Waals surface area contributed by atoms with Gasteiger partial charge >= 0.3 is 0 Å². The Morgan fingerprint density at radius 2 is 2.18 bits per heavy atom. The van der Waals surface area contributed by atoms with E-state index < -0.39 is 11.8 Å². The van der Waals surface area contributed by atoms with Gasteiger partial charge in [-0.15, -0.1) is 11.8 Å². The number of alkyl halides is 1. The molecule has 4 unspecified atom stereocenters. The Kier molecular flexibility index (Phi) is 2.46. The zero-order valence-corrected chi connectivity index (χ0v) is 7.44. The van der Waals surface area contributed by atoms with Gasteiger partial charge in [0, 0.05) is 5.25 Å². The Hall–Kier alpha value is 0.200. The molecule has 0 aromatic heterocycles. The topological polar surface area (TPSA) is 40.5 Å². The van der Waals surface area contributed by atoms with Crippen molar-refractivity contribution in [3.8, 4) is 0 Å². The third-order valence-corrected chi connectivity index (χ3v) is 3.91. The highest BCUT2D eigenvalue weighted by Crippen LogP contribution is 2.43. The number of aliphatic hydroxyl groups excluding tert-OH is 2. The van der Waals surface area contributed by atoms with E-state index in [2.05, 4.69) is 0 Å². The maximum absolute atomic E-state index is 13.5. The largest absolute Gasteiger partial charge is 0.395 e. The van der Waals surface area contributed by atoms with Gasteiger partial charge in [0.1, 0.15) is 11.8 Å². The van der Waals surface area contributed by atoms with Gasteiger partial charge in [-0.1, -0.05) is 6.92 Å². The van der Waals surface area contributed by atoms with Crippen molar-refractivity contribution in [2.45, 2.75) is 36.1 Å². The summed E-state index contributed by atoms with van der Waals surface area (Å²) in [5, 5.41) is 17.5. The second-order valence-corrected chi connectivity index (χ2v) is 4.68. The fourth-order valence-corrected chi connectivity index (χ4v) is 2.65. The molecule has 1 aliphatic rings. The van der Waals surface area contributed by atoms with Gasteiger partial charge in [-0.25, -0.2) is 4.39 Å². The summed E-state index contributed by atoms with van der Waals surface area (Å²) in [5.74, 6) is 0.